The maximum absolute atomic E-state index is 13.7. The maximum Gasteiger partial charge on any atom is 0.408 e. The zero-order valence-electron chi connectivity index (χ0n) is 12.3. The van der Waals surface area contributed by atoms with Crippen LogP contribution in [-0.4, -0.2) is 36.7 Å². The van der Waals surface area contributed by atoms with Crippen LogP contribution >= 0.6 is 11.8 Å². The van der Waals surface area contributed by atoms with Gasteiger partial charge in [0.2, 0.25) is 10.0 Å². The quantitative estimate of drug-likeness (QED) is 0.769. The summed E-state index contributed by atoms with van der Waals surface area (Å²) in [6.45, 7) is 1.55. The van der Waals surface area contributed by atoms with E-state index in [-0.39, 0.29) is 24.3 Å². The van der Waals surface area contributed by atoms with Gasteiger partial charge in [-0.05, 0) is 43.7 Å². The number of thioether (sulfide) groups is 1. The van der Waals surface area contributed by atoms with Gasteiger partial charge < -0.3 is 0 Å². The molecule has 1 fully saturated rings. The fourth-order valence-corrected chi connectivity index (χ4v) is 5.37. The Morgan fingerprint density at radius 1 is 1.35 bits per heavy atom. The molecule has 0 amide bonds. The van der Waals surface area contributed by atoms with E-state index in [9.17, 15) is 21.6 Å². The van der Waals surface area contributed by atoms with Gasteiger partial charge in [0, 0.05) is 12.3 Å². The Labute approximate surface area is 137 Å². The summed E-state index contributed by atoms with van der Waals surface area (Å²) < 4.78 is 66.9. The van der Waals surface area contributed by atoms with E-state index in [1.54, 1.807) is 24.5 Å². The third-order valence-corrected chi connectivity index (χ3v) is 6.67. The minimum atomic E-state index is -4.74. The summed E-state index contributed by atoms with van der Waals surface area (Å²) in [6.07, 6.45) is -4.97. The van der Waals surface area contributed by atoms with Crippen LogP contribution in [0.25, 0.3) is 0 Å². The molecule has 1 saturated heterocycles. The normalized spacial score (nSPS) is 22.9. The topological polar surface area (TPSA) is 61.2 Å². The lowest BCUT2D eigenvalue weighted by Gasteiger charge is -2.38. The van der Waals surface area contributed by atoms with Crippen molar-refractivity contribution in [3.63, 3.8) is 0 Å². The third kappa shape index (κ3) is 3.20. The molecule has 0 aliphatic carbocycles. The summed E-state index contributed by atoms with van der Waals surface area (Å²) >= 11 is 0.428. The van der Waals surface area contributed by atoms with Crippen molar-refractivity contribution in [1.82, 2.24) is 4.31 Å². The molecule has 1 heterocycles. The maximum atomic E-state index is 13.7. The number of nitrogens with zero attached hydrogens (tertiary/aromatic N) is 2. The zero-order valence-corrected chi connectivity index (χ0v) is 13.9. The van der Waals surface area contributed by atoms with Gasteiger partial charge in [-0.15, -0.1) is 0 Å². The lowest BCUT2D eigenvalue weighted by atomic mass is 10.00. The molecule has 1 aliphatic rings. The fraction of sp³-hybridized carbons (Fsp3) is 0.500. The molecule has 1 unspecified atom stereocenters. The van der Waals surface area contributed by atoms with Crippen LogP contribution in [-0.2, 0) is 10.0 Å². The highest BCUT2D eigenvalue weighted by Crippen LogP contribution is 2.47. The van der Waals surface area contributed by atoms with Crippen molar-refractivity contribution >= 4 is 21.8 Å². The monoisotopic (exact) mass is 364 g/mol. The van der Waals surface area contributed by atoms with Gasteiger partial charge in [-0.2, -0.15) is 22.7 Å². The van der Waals surface area contributed by atoms with E-state index >= 15 is 0 Å². The van der Waals surface area contributed by atoms with Gasteiger partial charge in [-0.25, -0.2) is 8.42 Å². The third-order valence-electron chi connectivity index (χ3n) is 3.94. The molecule has 1 aromatic carbocycles. The number of hydrogen-bond donors (Lipinski definition) is 0. The highest BCUT2D eigenvalue weighted by Gasteiger charge is 2.63. The van der Waals surface area contributed by atoms with Crippen molar-refractivity contribution in [2.24, 2.45) is 0 Å². The Bertz CT molecular complexity index is 711. The van der Waals surface area contributed by atoms with Gasteiger partial charge in [0.1, 0.15) is 10.9 Å². The van der Waals surface area contributed by atoms with Gasteiger partial charge >= 0.3 is 6.18 Å². The Morgan fingerprint density at radius 2 is 1.96 bits per heavy atom. The SMILES string of the molecule is Cc1ccc(S(=O)(=O)N2CCCC2(CSC#N)C(F)(F)F)cc1. The number of halogens is 3. The van der Waals surface area contributed by atoms with Crippen LogP contribution in [0, 0.1) is 17.6 Å². The van der Waals surface area contributed by atoms with E-state index < -0.39 is 27.5 Å². The number of rotatable bonds is 4. The van der Waals surface area contributed by atoms with Crippen LogP contribution in [0.1, 0.15) is 18.4 Å². The van der Waals surface area contributed by atoms with Crippen LogP contribution in [0.3, 0.4) is 0 Å². The number of benzene rings is 1. The van der Waals surface area contributed by atoms with E-state index in [1.807, 2.05) is 0 Å². The van der Waals surface area contributed by atoms with Crippen LogP contribution in [0.5, 0.6) is 0 Å². The summed E-state index contributed by atoms with van der Waals surface area (Å²) in [5, 5.41) is 10.2. The van der Waals surface area contributed by atoms with Crippen molar-refractivity contribution in [2.45, 2.75) is 36.4 Å². The molecule has 0 bridgehead atoms. The molecular formula is C14H15F3N2O2S2. The molecule has 9 heteroatoms. The molecule has 1 aromatic rings. The second-order valence-electron chi connectivity index (χ2n) is 5.40. The standard InChI is InChI=1S/C14H15F3N2O2S2/c1-11-3-5-12(6-4-11)23(20,21)19-8-2-7-13(19,9-22-10-18)14(15,16)17/h3-6H,2,7-9H2,1H3. The number of thiocyanates is 1. The van der Waals surface area contributed by atoms with Gasteiger partial charge in [-0.3, -0.25) is 0 Å². The van der Waals surface area contributed by atoms with Gasteiger partial charge in [-0.1, -0.05) is 17.7 Å². The number of sulfonamides is 1. The predicted octanol–water partition coefficient (Wildman–Crippen LogP) is 3.29. The molecular weight excluding hydrogens is 349 g/mol. The van der Waals surface area contributed by atoms with E-state index in [0.29, 0.717) is 16.1 Å². The Morgan fingerprint density at radius 3 is 2.48 bits per heavy atom. The second kappa shape index (κ2) is 6.34. The largest absolute Gasteiger partial charge is 0.408 e. The molecule has 2 rings (SSSR count). The average Bonchev–Trinajstić information content (AvgIpc) is 2.91. The molecule has 1 aliphatic heterocycles. The number of hydrogen-bond acceptors (Lipinski definition) is 4. The Hall–Kier alpha value is -1.24. The van der Waals surface area contributed by atoms with Crippen molar-refractivity contribution < 1.29 is 21.6 Å². The predicted molar refractivity (Wildman–Crippen MR) is 81.2 cm³/mol. The summed E-state index contributed by atoms with van der Waals surface area (Å²) in [6, 6.07) is 5.70. The minimum absolute atomic E-state index is 0.108. The molecule has 23 heavy (non-hydrogen) atoms. The van der Waals surface area contributed by atoms with Crippen LogP contribution in [0.2, 0.25) is 0 Å². The number of aryl methyl sites for hydroxylation is 1. The van der Waals surface area contributed by atoms with E-state index in [4.69, 9.17) is 5.26 Å². The van der Waals surface area contributed by atoms with Gasteiger partial charge in [0.05, 0.1) is 4.90 Å². The molecule has 1 atom stereocenters. The molecule has 0 aromatic heterocycles. The highest BCUT2D eigenvalue weighted by atomic mass is 32.2. The summed E-state index contributed by atoms with van der Waals surface area (Å²) in [4.78, 5) is -0.166. The Kier molecular flexibility index (Phi) is 4.99. The smallest absolute Gasteiger partial charge is 0.207 e. The summed E-state index contributed by atoms with van der Waals surface area (Å²) in [5.74, 6) is -0.627. The first-order valence-electron chi connectivity index (χ1n) is 6.82. The van der Waals surface area contributed by atoms with Crippen molar-refractivity contribution in [3.8, 4) is 5.40 Å². The van der Waals surface area contributed by atoms with E-state index in [1.165, 1.54) is 12.1 Å². The first-order chi connectivity index (χ1) is 10.6. The molecule has 0 saturated carbocycles. The Balaban J connectivity index is 2.50. The van der Waals surface area contributed by atoms with Crippen molar-refractivity contribution in [2.75, 3.05) is 12.3 Å². The van der Waals surface area contributed by atoms with Gasteiger partial charge in [0.15, 0.2) is 0 Å². The van der Waals surface area contributed by atoms with Crippen LogP contribution in [0.4, 0.5) is 13.2 Å². The second-order valence-corrected chi connectivity index (χ2v) is 8.03. The summed E-state index contributed by atoms with van der Waals surface area (Å²) in [7, 11) is -4.29. The fourth-order valence-electron chi connectivity index (χ4n) is 2.70. The van der Waals surface area contributed by atoms with Gasteiger partial charge in [0.25, 0.3) is 0 Å². The molecule has 126 valence electrons. The first kappa shape index (κ1) is 18.1. The zero-order chi connectivity index (χ0) is 17.3. The van der Waals surface area contributed by atoms with E-state index in [0.717, 1.165) is 5.56 Å². The van der Waals surface area contributed by atoms with Crippen LogP contribution in [0.15, 0.2) is 29.2 Å². The van der Waals surface area contributed by atoms with Crippen molar-refractivity contribution in [3.05, 3.63) is 29.8 Å². The van der Waals surface area contributed by atoms with Crippen LogP contribution < -0.4 is 0 Å². The van der Waals surface area contributed by atoms with E-state index in [2.05, 4.69) is 0 Å². The highest BCUT2D eigenvalue weighted by molar-refractivity contribution is 8.03. The lowest BCUT2D eigenvalue weighted by molar-refractivity contribution is -0.201. The first-order valence-corrected chi connectivity index (χ1v) is 9.25. The average molecular weight is 364 g/mol. The lowest BCUT2D eigenvalue weighted by Crippen LogP contribution is -2.58. The molecule has 0 N–H and O–H groups in total. The molecule has 0 spiro atoms. The van der Waals surface area contributed by atoms with Crippen molar-refractivity contribution in [1.29, 1.82) is 5.26 Å². The summed E-state index contributed by atoms with van der Waals surface area (Å²) in [5.41, 5.74) is -1.72. The minimum Gasteiger partial charge on any atom is -0.207 e. The number of alkyl halides is 3. The molecule has 0 radical (unpaired) electrons. The number of nitriles is 1. The molecule has 4 nitrogen and oxygen atoms in total.